The molecule has 2 aromatic rings. The molecule has 47 heavy (non-hydrogen) atoms. The van der Waals surface area contributed by atoms with Gasteiger partial charge in [0.1, 0.15) is 13.2 Å². The Labute approximate surface area is 287 Å². The molecule has 0 atom stereocenters. The number of benzene rings is 2. The van der Waals surface area contributed by atoms with Gasteiger partial charge >= 0.3 is 6.09 Å². The molecular weight excluding hydrogens is 582 g/mol. The number of hydrogen-bond acceptors (Lipinski definition) is 4. The van der Waals surface area contributed by atoms with Gasteiger partial charge in [-0.25, -0.2) is 9.59 Å². The normalized spacial score (nSPS) is 11.3. The Morgan fingerprint density at radius 3 is 1.49 bits per heavy atom. The van der Waals surface area contributed by atoms with Crippen LogP contribution in [0.1, 0.15) is 147 Å². The molecule has 0 aliphatic rings. The van der Waals surface area contributed by atoms with Crippen molar-refractivity contribution < 1.29 is 18.8 Å². The number of amides is 1. The van der Waals surface area contributed by atoms with Crippen LogP contribution in [0, 0.1) is 0 Å². The highest BCUT2D eigenvalue weighted by atomic mass is 16.5. The number of nitrogens with one attached hydrogen (secondary N) is 1. The first-order valence-corrected chi connectivity index (χ1v) is 19.1. The highest BCUT2D eigenvalue weighted by Gasteiger charge is 2.27. The molecule has 2 rings (SSSR count). The van der Waals surface area contributed by atoms with Gasteiger partial charge in [-0.05, 0) is 80.3 Å². The second kappa shape index (κ2) is 26.1. The number of quaternary nitrogens is 1. The van der Waals surface area contributed by atoms with E-state index in [1.807, 2.05) is 48.5 Å². The van der Waals surface area contributed by atoms with Crippen molar-refractivity contribution in [3.05, 3.63) is 59.7 Å². The van der Waals surface area contributed by atoms with Crippen LogP contribution in [0.3, 0.4) is 0 Å². The summed E-state index contributed by atoms with van der Waals surface area (Å²) in [4.78, 5) is 27.0. The number of rotatable bonds is 28. The molecule has 2 aromatic carbocycles. The van der Waals surface area contributed by atoms with Crippen molar-refractivity contribution >= 4 is 23.5 Å². The lowest BCUT2D eigenvalue weighted by molar-refractivity contribution is -0.929. The van der Waals surface area contributed by atoms with Crippen LogP contribution in [0.25, 0.3) is 0 Å². The minimum atomic E-state index is -0.374. The van der Waals surface area contributed by atoms with E-state index in [4.69, 9.17) is 4.74 Å². The van der Waals surface area contributed by atoms with Crippen LogP contribution in [0.15, 0.2) is 53.5 Å². The Morgan fingerprint density at radius 1 is 0.617 bits per heavy atom. The zero-order valence-electron chi connectivity index (χ0n) is 30.2. The molecule has 0 aliphatic carbocycles. The smallest absolute Gasteiger partial charge is 0.411 e. The average molecular weight is 649 g/mol. The van der Waals surface area contributed by atoms with E-state index < -0.39 is 0 Å². The Bertz CT molecular complexity index is 1070. The first-order valence-electron chi connectivity index (χ1n) is 19.1. The van der Waals surface area contributed by atoms with E-state index in [9.17, 15) is 9.59 Å². The van der Waals surface area contributed by atoms with Crippen LogP contribution in [0.2, 0.25) is 0 Å². The summed E-state index contributed by atoms with van der Waals surface area (Å²) in [5, 5.41) is 2.94. The monoisotopic (exact) mass is 649 g/mol. The third-order valence-corrected chi connectivity index (χ3v) is 9.48. The van der Waals surface area contributed by atoms with Crippen LogP contribution in [0.4, 0.5) is 16.2 Å². The van der Waals surface area contributed by atoms with Crippen LogP contribution < -0.4 is 5.32 Å². The van der Waals surface area contributed by atoms with Crippen molar-refractivity contribution in [2.24, 2.45) is 4.99 Å². The van der Waals surface area contributed by atoms with E-state index in [2.05, 4.69) is 31.1 Å². The minimum absolute atomic E-state index is 0.374. The second-order valence-electron chi connectivity index (χ2n) is 13.5. The standard InChI is InChI=1S/C41H65N3O3/c1-4-7-10-13-16-19-30-44(31-20-17-14-11-8-5-2,32-21-18-15-12-9-6-3)33-34-47-41(46)43-40-28-24-38(25-29-40)35-37-22-26-39(27-23-37)42-36-45/h22-29H,4-21,30-35H2,1-3H3/p+1. The van der Waals surface area contributed by atoms with Crippen LogP contribution in [-0.2, 0) is 16.0 Å². The molecule has 1 N–H and O–H groups in total. The van der Waals surface area contributed by atoms with Crippen molar-refractivity contribution in [3.8, 4) is 0 Å². The largest absolute Gasteiger partial charge is 0.443 e. The molecule has 0 aliphatic heterocycles. The number of aliphatic imine (C=N–C) groups is 1. The maximum Gasteiger partial charge on any atom is 0.411 e. The Kier molecular flexibility index (Phi) is 22.3. The lowest BCUT2D eigenvalue weighted by Crippen LogP contribution is -2.52. The van der Waals surface area contributed by atoms with Crippen LogP contribution in [0.5, 0.6) is 0 Å². The summed E-state index contributed by atoms with van der Waals surface area (Å²) in [6, 6.07) is 15.5. The number of unbranched alkanes of at least 4 members (excludes halogenated alkanes) is 15. The summed E-state index contributed by atoms with van der Waals surface area (Å²) in [5.74, 6) is 0. The summed E-state index contributed by atoms with van der Waals surface area (Å²) in [5.41, 5.74) is 3.60. The highest BCUT2D eigenvalue weighted by molar-refractivity contribution is 5.84. The molecule has 0 fully saturated rings. The zero-order valence-corrected chi connectivity index (χ0v) is 30.2. The van der Waals surface area contributed by atoms with Gasteiger partial charge in [0.15, 0.2) is 0 Å². The predicted molar refractivity (Wildman–Crippen MR) is 198 cm³/mol. The number of ether oxygens (including phenoxy) is 1. The molecule has 0 radical (unpaired) electrons. The van der Waals surface area contributed by atoms with E-state index in [-0.39, 0.29) is 6.09 Å². The highest BCUT2D eigenvalue weighted by Crippen LogP contribution is 2.20. The van der Waals surface area contributed by atoms with Crippen molar-refractivity contribution in [1.29, 1.82) is 0 Å². The van der Waals surface area contributed by atoms with Crippen molar-refractivity contribution in [3.63, 3.8) is 0 Å². The van der Waals surface area contributed by atoms with Gasteiger partial charge in [-0.2, -0.15) is 4.99 Å². The van der Waals surface area contributed by atoms with Crippen molar-refractivity contribution in [2.75, 3.05) is 38.1 Å². The second-order valence-corrected chi connectivity index (χ2v) is 13.5. The summed E-state index contributed by atoms with van der Waals surface area (Å²) in [6.07, 6.45) is 25.6. The van der Waals surface area contributed by atoms with E-state index in [1.165, 1.54) is 135 Å². The molecule has 0 unspecified atom stereocenters. The zero-order chi connectivity index (χ0) is 33.8. The van der Waals surface area contributed by atoms with Crippen LogP contribution >= 0.6 is 0 Å². The quantitative estimate of drug-likeness (QED) is 0.0432. The first-order chi connectivity index (χ1) is 23.0. The molecular formula is C41H66N3O3+. The van der Waals surface area contributed by atoms with Crippen molar-refractivity contribution in [1.82, 2.24) is 0 Å². The van der Waals surface area contributed by atoms with Gasteiger partial charge < -0.3 is 9.22 Å². The first kappa shape index (κ1) is 40.2. The van der Waals surface area contributed by atoms with Gasteiger partial charge in [0.05, 0.1) is 25.3 Å². The lowest BCUT2D eigenvalue weighted by atomic mass is 10.0. The van der Waals surface area contributed by atoms with Gasteiger partial charge in [0.2, 0.25) is 6.08 Å². The number of carbonyl (C=O) groups excluding carboxylic acids is 2. The fourth-order valence-electron chi connectivity index (χ4n) is 6.52. The SMILES string of the molecule is CCCCCCCC[N+](CCCCCCCC)(CCCCCCCC)CCOC(=O)Nc1ccc(Cc2ccc(N=C=O)cc2)cc1. The molecule has 0 aromatic heterocycles. The fourth-order valence-corrected chi connectivity index (χ4v) is 6.52. The van der Waals surface area contributed by atoms with Gasteiger partial charge in [-0.3, -0.25) is 5.32 Å². The molecule has 1 amide bonds. The summed E-state index contributed by atoms with van der Waals surface area (Å²) >= 11 is 0. The summed E-state index contributed by atoms with van der Waals surface area (Å²) in [7, 11) is 0. The molecule has 0 spiro atoms. The number of carbonyl (C=O) groups is 1. The van der Waals surface area contributed by atoms with Crippen LogP contribution in [-0.4, -0.2) is 49.4 Å². The Morgan fingerprint density at radius 2 is 1.04 bits per heavy atom. The molecule has 0 heterocycles. The molecule has 0 saturated carbocycles. The number of hydrogen-bond donors (Lipinski definition) is 1. The number of anilines is 1. The predicted octanol–water partition coefficient (Wildman–Crippen LogP) is 11.7. The molecule has 0 saturated heterocycles. The molecule has 0 bridgehead atoms. The van der Waals surface area contributed by atoms with Gasteiger partial charge in [-0.15, -0.1) is 0 Å². The number of nitrogens with zero attached hydrogens (tertiary/aromatic N) is 2. The average Bonchev–Trinajstić information content (AvgIpc) is 3.08. The molecule has 262 valence electrons. The topological polar surface area (TPSA) is 67.8 Å². The third kappa shape index (κ3) is 18.8. The van der Waals surface area contributed by atoms with E-state index in [0.717, 1.165) is 34.3 Å². The number of isocyanates is 1. The molecule has 6 nitrogen and oxygen atoms in total. The van der Waals surface area contributed by atoms with Gasteiger partial charge in [0.25, 0.3) is 0 Å². The Hall–Kier alpha value is -2.95. The van der Waals surface area contributed by atoms with E-state index in [1.54, 1.807) is 6.08 Å². The van der Waals surface area contributed by atoms with Gasteiger partial charge in [-0.1, -0.05) is 122 Å². The summed E-state index contributed by atoms with van der Waals surface area (Å²) < 4.78 is 6.93. The lowest BCUT2D eigenvalue weighted by Gasteiger charge is -2.39. The third-order valence-electron chi connectivity index (χ3n) is 9.48. The maximum atomic E-state index is 12.9. The molecule has 6 heteroatoms. The fraction of sp³-hybridized carbons (Fsp3) is 0.659. The minimum Gasteiger partial charge on any atom is -0.443 e. The van der Waals surface area contributed by atoms with Crippen molar-refractivity contribution in [2.45, 2.75) is 143 Å². The maximum absolute atomic E-state index is 12.9. The van der Waals surface area contributed by atoms with Gasteiger partial charge in [0, 0.05) is 5.69 Å². The van der Waals surface area contributed by atoms with E-state index in [0.29, 0.717) is 12.3 Å². The summed E-state index contributed by atoms with van der Waals surface area (Å²) in [6.45, 7) is 11.8. The van der Waals surface area contributed by atoms with E-state index >= 15 is 0 Å². The Balaban J connectivity index is 1.95.